The first-order valence-corrected chi connectivity index (χ1v) is 8.78. The van der Waals surface area contributed by atoms with Crippen molar-refractivity contribution < 1.29 is 4.90 Å². The van der Waals surface area contributed by atoms with Crippen LogP contribution in [0.2, 0.25) is 5.02 Å². The molecule has 1 heterocycles. The SMILES string of the molecule is Cc1ccc(NC(=S)NC[C@@H](c2cccs2)[NH+](C)C)cc1Cl. The predicted molar refractivity (Wildman–Crippen MR) is 100 cm³/mol. The lowest BCUT2D eigenvalue weighted by Gasteiger charge is -2.21. The number of anilines is 1. The van der Waals surface area contributed by atoms with E-state index in [-0.39, 0.29) is 0 Å². The maximum atomic E-state index is 6.13. The van der Waals surface area contributed by atoms with Gasteiger partial charge in [-0.15, -0.1) is 11.3 Å². The number of benzene rings is 1. The second kappa shape index (κ2) is 7.92. The van der Waals surface area contributed by atoms with Crippen LogP contribution in [-0.2, 0) is 0 Å². The smallest absolute Gasteiger partial charge is 0.171 e. The predicted octanol–water partition coefficient (Wildman–Crippen LogP) is 2.88. The second-order valence-electron chi connectivity index (χ2n) is 5.44. The maximum absolute atomic E-state index is 6.13. The van der Waals surface area contributed by atoms with Crippen LogP contribution in [0, 0.1) is 6.92 Å². The number of quaternary nitrogens is 1. The summed E-state index contributed by atoms with van der Waals surface area (Å²) in [5.41, 5.74) is 1.96. The highest BCUT2D eigenvalue weighted by molar-refractivity contribution is 7.80. The van der Waals surface area contributed by atoms with Gasteiger partial charge in [-0.1, -0.05) is 23.7 Å². The van der Waals surface area contributed by atoms with E-state index in [1.54, 1.807) is 11.3 Å². The molecule has 0 amide bonds. The molecule has 0 saturated carbocycles. The number of likely N-dealkylation sites (N-methyl/N-ethyl adjacent to an activating group) is 1. The number of rotatable bonds is 5. The summed E-state index contributed by atoms with van der Waals surface area (Å²) >= 11 is 13.3. The molecule has 118 valence electrons. The van der Waals surface area contributed by atoms with E-state index in [1.807, 2.05) is 25.1 Å². The molecule has 0 unspecified atom stereocenters. The fourth-order valence-electron chi connectivity index (χ4n) is 2.12. The number of halogens is 1. The molecule has 0 aliphatic carbocycles. The molecule has 0 aliphatic heterocycles. The van der Waals surface area contributed by atoms with E-state index >= 15 is 0 Å². The standard InChI is InChI=1S/C16H20ClN3S2/c1-11-6-7-12(9-13(11)17)19-16(21)18-10-14(20(2)3)15-5-4-8-22-15/h4-9,14H,10H2,1-3H3,(H2,18,19,21)/p+1/t14-/m0/s1. The van der Waals surface area contributed by atoms with Crippen LogP contribution in [0.5, 0.6) is 0 Å². The molecule has 1 aromatic carbocycles. The van der Waals surface area contributed by atoms with Crippen molar-refractivity contribution in [3.63, 3.8) is 0 Å². The molecule has 0 fully saturated rings. The quantitative estimate of drug-likeness (QED) is 0.721. The Hall–Kier alpha value is -1.14. The monoisotopic (exact) mass is 354 g/mol. The van der Waals surface area contributed by atoms with Gasteiger partial charge < -0.3 is 15.5 Å². The number of aryl methyl sites for hydroxylation is 1. The van der Waals surface area contributed by atoms with Crippen molar-refractivity contribution in [2.75, 3.05) is 26.0 Å². The lowest BCUT2D eigenvalue weighted by molar-refractivity contribution is -0.890. The van der Waals surface area contributed by atoms with Gasteiger partial charge in [0.2, 0.25) is 0 Å². The average molecular weight is 355 g/mol. The van der Waals surface area contributed by atoms with E-state index < -0.39 is 0 Å². The molecule has 3 N–H and O–H groups in total. The van der Waals surface area contributed by atoms with Crippen molar-refractivity contribution >= 4 is 46.0 Å². The summed E-state index contributed by atoms with van der Waals surface area (Å²) in [5, 5.41) is 9.94. The van der Waals surface area contributed by atoms with Crippen LogP contribution in [0.1, 0.15) is 16.5 Å². The van der Waals surface area contributed by atoms with Gasteiger partial charge in [0.05, 0.1) is 25.5 Å². The number of hydrogen-bond donors (Lipinski definition) is 3. The van der Waals surface area contributed by atoms with Crippen molar-refractivity contribution in [3.05, 3.63) is 51.2 Å². The van der Waals surface area contributed by atoms with Crippen LogP contribution in [0.25, 0.3) is 0 Å². The van der Waals surface area contributed by atoms with Crippen molar-refractivity contribution in [2.45, 2.75) is 13.0 Å². The van der Waals surface area contributed by atoms with E-state index in [1.165, 1.54) is 9.78 Å². The van der Waals surface area contributed by atoms with E-state index in [0.29, 0.717) is 11.2 Å². The normalized spacial score (nSPS) is 12.2. The third-order valence-corrected chi connectivity index (χ3v) is 5.12. The zero-order valence-corrected chi connectivity index (χ0v) is 15.3. The minimum absolute atomic E-state index is 0.376. The fourth-order valence-corrected chi connectivity index (χ4v) is 3.46. The van der Waals surface area contributed by atoms with Crippen LogP contribution >= 0.6 is 35.2 Å². The molecule has 22 heavy (non-hydrogen) atoms. The molecule has 2 aromatic rings. The van der Waals surface area contributed by atoms with Crippen LogP contribution in [0.4, 0.5) is 5.69 Å². The summed E-state index contributed by atoms with van der Waals surface area (Å²) in [7, 11) is 4.31. The van der Waals surface area contributed by atoms with Gasteiger partial charge in [0, 0.05) is 10.7 Å². The first-order valence-electron chi connectivity index (χ1n) is 7.12. The summed E-state index contributed by atoms with van der Waals surface area (Å²) in [6.07, 6.45) is 0. The molecule has 0 aliphatic rings. The van der Waals surface area contributed by atoms with E-state index in [9.17, 15) is 0 Å². The summed E-state index contributed by atoms with van der Waals surface area (Å²) in [6.45, 7) is 2.77. The summed E-state index contributed by atoms with van der Waals surface area (Å²) in [4.78, 5) is 2.73. The van der Waals surface area contributed by atoms with Crippen LogP contribution in [0.3, 0.4) is 0 Å². The molecule has 2 rings (SSSR count). The Morgan fingerprint density at radius 3 is 2.73 bits per heavy atom. The topological polar surface area (TPSA) is 28.5 Å². The Morgan fingerprint density at radius 2 is 2.14 bits per heavy atom. The Labute approximate surface area is 146 Å². The molecule has 0 radical (unpaired) electrons. The Kier molecular flexibility index (Phi) is 6.20. The summed E-state index contributed by atoms with van der Waals surface area (Å²) in [5.74, 6) is 0. The molecule has 1 aromatic heterocycles. The van der Waals surface area contributed by atoms with Gasteiger partial charge in [-0.2, -0.15) is 0 Å². The van der Waals surface area contributed by atoms with E-state index in [2.05, 4.69) is 42.2 Å². The molecule has 3 nitrogen and oxygen atoms in total. The van der Waals surface area contributed by atoms with Gasteiger partial charge >= 0.3 is 0 Å². The van der Waals surface area contributed by atoms with Gasteiger partial charge in [-0.25, -0.2) is 0 Å². The molecule has 0 bridgehead atoms. The number of thiocarbonyl (C=S) groups is 1. The third-order valence-electron chi connectivity index (χ3n) is 3.48. The molecular formula is C16H21ClN3S2+. The third kappa shape index (κ3) is 4.68. The first kappa shape index (κ1) is 17.2. The highest BCUT2D eigenvalue weighted by Crippen LogP contribution is 2.20. The lowest BCUT2D eigenvalue weighted by Crippen LogP contribution is -3.06. The van der Waals surface area contributed by atoms with Crippen molar-refractivity contribution in [3.8, 4) is 0 Å². The van der Waals surface area contributed by atoms with Crippen molar-refractivity contribution in [1.82, 2.24) is 5.32 Å². The van der Waals surface area contributed by atoms with Gasteiger partial charge in [-0.05, 0) is 48.3 Å². The zero-order valence-electron chi connectivity index (χ0n) is 12.9. The summed E-state index contributed by atoms with van der Waals surface area (Å²) < 4.78 is 0. The molecule has 0 saturated heterocycles. The number of hydrogen-bond acceptors (Lipinski definition) is 2. The maximum Gasteiger partial charge on any atom is 0.171 e. The molecule has 0 spiro atoms. The zero-order chi connectivity index (χ0) is 16.1. The van der Waals surface area contributed by atoms with Crippen LogP contribution in [0.15, 0.2) is 35.7 Å². The first-order chi connectivity index (χ1) is 10.5. The Bertz CT molecular complexity index is 626. The van der Waals surface area contributed by atoms with Crippen LogP contribution in [-0.4, -0.2) is 25.8 Å². The molecular weight excluding hydrogens is 334 g/mol. The lowest BCUT2D eigenvalue weighted by atomic mass is 10.2. The van der Waals surface area contributed by atoms with Gasteiger partial charge in [0.1, 0.15) is 6.04 Å². The van der Waals surface area contributed by atoms with Crippen molar-refractivity contribution in [2.24, 2.45) is 0 Å². The van der Waals surface area contributed by atoms with Gasteiger partial charge in [-0.3, -0.25) is 0 Å². The number of nitrogens with one attached hydrogen (secondary N) is 3. The van der Waals surface area contributed by atoms with Gasteiger partial charge in [0.15, 0.2) is 5.11 Å². The average Bonchev–Trinajstić information content (AvgIpc) is 2.97. The molecule has 6 heteroatoms. The highest BCUT2D eigenvalue weighted by atomic mass is 35.5. The summed E-state index contributed by atoms with van der Waals surface area (Å²) in [6, 6.07) is 10.5. The minimum Gasteiger partial charge on any atom is -0.356 e. The Balaban J connectivity index is 1.92. The van der Waals surface area contributed by atoms with Gasteiger partial charge in [0.25, 0.3) is 0 Å². The van der Waals surface area contributed by atoms with E-state index in [4.69, 9.17) is 23.8 Å². The second-order valence-corrected chi connectivity index (χ2v) is 7.24. The minimum atomic E-state index is 0.376. The van der Waals surface area contributed by atoms with Crippen molar-refractivity contribution in [1.29, 1.82) is 0 Å². The highest BCUT2D eigenvalue weighted by Gasteiger charge is 2.18. The molecule has 1 atom stereocenters. The van der Waals surface area contributed by atoms with Crippen LogP contribution < -0.4 is 15.5 Å². The number of thiophene rings is 1. The van der Waals surface area contributed by atoms with E-state index in [0.717, 1.165) is 22.8 Å². The Morgan fingerprint density at radius 1 is 1.36 bits per heavy atom. The fraction of sp³-hybridized carbons (Fsp3) is 0.312. The largest absolute Gasteiger partial charge is 0.356 e.